The van der Waals surface area contributed by atoms with E-state index in [9.17, 15) is 4.79 Å². The fourth-order valence-electron chi connectivity index (χ4n) is 1.40. The van der Waals surface area contributed by atoms with Crippen LogP contribution in [0.4, 0.5) is 5.69 Å². The minimum atomic E-state index is -0.202. The van der Waals surface area contributed by atoms with Crippen LogP contribution in [-0.4, -0.2) is 32.2 Å². The van der Waals surface area contributed by atoms with Gasteiger partial charge < -0.3 is 15.4 Å². The minimum Gasteiger partial charge on any atom is -0.385 e. The molecule has 0 spiro atoms. The van der Waals surface area contributed by atoms with Crippen molar-refractivity contribution in [2.24, 2.45) is 0 Å². The fourth-order valence-corrected chi connectivity index (χ4v) is 1.40. The standard InChI is InChI=1S/C13H20N2O2/c1-11(14-9-6-10-17-2)13(16)15-12-7-4-3-5-8-12/h3-5,7-8,11,14H,6,9-10H2,1-2H3,(H,15,16). The molecule has 1 atom stereocenters. The van der Waals surface area contributed by atoms with E-state index in [0.29, 0.717) is 6.61 Å². The summed E-state index contributed by atoms with van der Waals surface area (Å²) < 4.78 is 4.94. The van der Waals surface area contributed by atoms with Crippen LogP contribution in [0.5, 0.6) is 0 Å². The smallest absolute Gasteiger partial charge is 0.241 e. The van der Waals surface area contributed by atoms with Gasteiger partial charge in [0.1, 0.15) is 0 Å². The van der Waals surface area contributed by atoms with Gasteiger partial charge in [-0.05, 0) is 32.0 Å². The van der Waals surface area contributed by atoms with E-state index in [1.54, 1.807) is 7.11 Å². The van der Waals surface area contributed by atoms with Gasteiger partial charge in [0.15, 0.2) is 0 Å². The lowest BCUT2D eigenvalue weighted by Gasteiger charge is -2.13. The number of methoxy groups -OCH3 is 1. The van der Waals surface area contributed by atoms with Gasteiger partial charge in [-0.1, -0.05) is 18.2 Å². The Morgan fingerprint density at radius 1 is 1.35 bits per heavy atom. The van der Waals surface area contributed by atoms with Crippen molar-refractivity contribution in [2.75, 3.05) is 25.6 Å². The second-order valence-corrected chi connectivity index (χ2v) is 3.88. The van der Waals surface area contributed by atoms with Gasteiger partial charge in [0.2, 0.25) is 5.91 Å². The van der Waals surface area contributed by atoms with E-state index in [2.05, 4.69) is 10.6 Å². The second kappa shape index (κ2) is 7.81. The number of anilines is 1. The zero-order valence-corrected chi connectivity index (χ0v) is 10.4. The first-order valence-electron chi connectivity index (χ1n) is 5.82. The molecule has 1 aromatic rings. The Kier molecular flexibility index (Phi) is 6.29. The van der Waals surface area contributed by atoms with E-state index < -0.39 is 0 Å². The number of carbonyl (C=O) groups excluding carboxylic acids is 1. The Hall–Kier alpha value is -1.39. The highest BCUT2D eigenvalue weighted by atomic mass is 16.5. The fraction of sp³-hybridized carbons (Fsp3) is 0.462. The summed E-state index contributed by atoms with van der Waals surface area (Å²) in [6.45, 7) is 3.34. The molecule has 4 nitrogen and oxygen atoms in total. The lowest BCUT2D eigenvalue weighted by atomic mass is 10.2. The molecular formula is C13H20N2O2. The number of nitrogens with one attached hydrogen (secondary N) is 2. The molecule has 4 heteroatoms. The summed E-state index contributed by atoms with van der Waals surface area (Å²) in [5.74, 6) is -0.0198. The molecule has 1 aromatic carbocycles. The van der Waals surface area contributed by atoms with Crippen LogP contribution in [-0.2, 0) is 9.53 Å². The van der Waals surface area contributed by atoms with E-state index in [-0.39, 0.29) is 11.9 Å². The highest BCUT2D eigenvalue weighted by Crippen LogP contribution is 2.05. The first kappa shape index (κ1) is 13.7. The molecule has 0 heterocycles. The van der Waals surface area contributed by atoms with Crippen molar-refractivity contribution in [1.29, 1.82) is 0 Å². The van der Waals surface area contributed by atoms with Crippen LogP contribution in [0, 0.1) is 0 Å². The lowest BCUT2D eigenvalue weighted by molar-refractivity contribution is -0.117. The molecule has 0 radical (unpaired) electrons. The molecule has 17 heavy (non-hydrogen) atoms. The van der Waals surface area contributed by atoms with Gasteiger partial charge in [-0.25, -0.2) is 0 Å². The summed E-state index contributed by atoms with van der Waals surface area (Å²) in [4.78, 5) is 11.8. The highest BCUT2D eigenvalue weighted by Gasteiger charge is 2.11. The largest absolute Gasteiger partial charge is 0.385 e. The predicted octanol–water partition coefficient (Wildman–Crippen LogP) is 1.64. The Bertz CT molecular complexity index is 327. The quantitative estimate of drug-likeness (QED) is 0.708. The first-order valence-corrected chi connectivity index (χ1v) is 5.82. The molecule has 1 amide bonds. The minimum absolute atomic E-state index is 0.0198. The van der Waals surface area contributed by atoms with Gasteiger partial charge >= 0.3 is 0 Å². The molecule has 0 aliphatic heterocycles. The van der Waals surface area contributed by atoms with Crippen LogP contribution in [0.3, 0.4) is 0 Å². The van der Waals surface area contributed by atoms with Crippen LogP contribution in [0.1, 0.15) is 13.3 Å². The van der Waals surface area contributed by atoms with Crippen molar-refractivity contribution in [3.8, 4) is 0 Å². The molecular weight excluding hydrogens is 216 g/mol. The van der Waals surface area contributed by atoms with E-state index in [1.165, 1.54) is 0 Å². The number of carbonyl (C=O) groups is 1. The molecule has 0 aromatic heterocycles. The molecule has 0 saturated carbocycles. The highest BCUT2D eigenvalue weighted by molar-refractivity contribution is 5.94. The summed E-state index contributed by atoms with van der Waals surface area (Å²) in [6.07, 6.45) is 0.902. The summed E-state index contributed by atoms with van der Waals surface area (Å²) in [5, 5.41) is 6.00. The van der Waals surface area contributed by atoms with Gasteiger partial charge in [-0.2, -0.15) is 0 Å². The van der Waals surface area contributed by atoms with Crippen LogP contribution in [0.2, 0.25) is 0 Å². The van der Waals surface area contributed by atoms with Crippen molar-refractivity contribution in [1.82, 2.24) is 5.32 Å². The van der Waals surface area contributed by atoms with Gasteiger partial charge in [-0.3, -0.25) is 4.79 Å². The number of amides is 1. The number of hydrogen-bond acceptors (Lipinski definition) is 3. The number of ether oxygens (including phenoxy) is 1. The number of para-hydroxylation sites is 1. The molecule has 1 rings (SSSR count). The average Bonchev–Trinajstić information content (AvgIpc) is 2.35. The summed E-state index contributed by atoms with van der Waals surface area (Å²) in [7, 11) is 1.67. The maximum absolute atomic E-state index is 11.8. The van der Waals surface area contributed by atoms with Crippen LogP contribution >= 0.6 is 0 Å². The predicted molar refractivity (Wildman–Crippen MR) is 69.0 cm³/mol. The molecule has 94 valence electrons. The Labute approximate surface area is 102 Å². The first-order chi connectivity index (χ1) is 8.24. The van der Waals surface area contributed by atoms with E-state index >= 15 is 0 Å². The van der Waals surface area contributed by atoms with Crippen molar-refractivity contribution >= 4 is 11.6 Å². The van der Waals surface area contributed by atoms with Crippen molar-refractivity contribution in [3.63, 3.8) is 0 Å². The van der Waals surface area contributed by atoms with Gasteiger partial charge in [0.25, 0.3) is 0 Å². The van der Waals surface area contributed by atoms with Crippen molar-refractivity contribution < 1.29 is 9.53 Å². The zero-order valence-electron chi connectivity index (χ0n) is 10.4. The van der Waals surface area contributed by atoms with E-state index in [1.807, 2.05) is 37.3 Å². The number of rotatable bonds is 7. The van der Waals surface area contributed by atoms with Crippen molar-refractivity contribution in [3.05, 3.63) is 30.3 Å². The molecule has 0 aliphatic rings. The van der Waals surface area contributed by atoms with Gasteiger partial charge in [0, 0.05) is 19.4 Å². The van der Waals surface area contributed by atoms with Crippen molar-refractivity contribution in [2.45, 2.75) is 19.4 Å². The van der Waals surface area contributed by atoms with Crippen LogP contribution in [0.25, 0.3) is 0 Å². The van der Waals surface area contributed by atoms with E-state index in [4.69, 9.17) is 4.74 Å². The molecule has 0 fully saturated rings. The van der Waals surface area contributed by atoms with Gasteiger partial charge in [0.05, 0.1) is 6.04 Å². The monoisotopic (exact) mass is 236 g/mol. The Morgan fingerprint density at radius 2 is 2.06 bits per heavy atom. The SMILES string of the molecule is COCCCNC(C)C(=O)Nc1ccccc1. The number of benzene rings is 1. The molecule has 0 bridgehead atoms. The molecule has 1 unspecified atom stereocenters. The third kappa shape index (κ3) is 5.47. The Morgan fingerprint density at radius 3 is 2.71 bits per heavy atom. The topological polar surface area (TPSA) is 50.4 Å². The Balaban J connectivity index is 2.27. The third-order valence-electron chi connectivity index (χ3n) is 2.41. The lowest BCUT2D eigenvalue weighted by Crippen LogP contribution is -2.38. The zero-order chi connectivity index (χ0) is 12.5. The maximum atomic E-state index is 11.8. The molecule has 0 aliphatic carbocycles. The maximum Gasteiger partial charge on any atom is 0.241 e. The molecule has 0 saturated heterocycles. The summed E-state index contributed by atoms with van der Waals surface area (Å²) >= 11 is 0. The summed E-state index contributed by atoms with van der Waals surface area (Å²) in [6, 6.07) is 9.25. The normalized spacial score (nSPS) is 12.1. The number of hydrogen-bond donors (Lipinski definition) is 2. The third-order valence-corrected chi connectivity index (χ3v) is 2.41. The van der Waals surface area contributed by atoms with E-state index in [0.717, 1.165) is 18.7 Å². The van der Waals surface area contributed by atoms with Crippen LogP contribution in [0.15, 0.2) is 30.3 Å². The summed E-state index contributed by atoms with van der Waals surface area (Å²) in [5.41, 5.74) is 0.822. The second-order valence-electron chi connectivity index (χ2n) is 3.88. The van der Waals surface area contributed by atoms with Gasteiger partial charge in [-0.15, -0.1) is 0 Å². The molecule has 2 N–H and O–H groups in total. The van der Waals surface area contributed by atoms with Crippen LogP contribution < -0.4 is 10.6 Å². The average molecular weight is 236 g/mol.